The van der Waals surface area contributed by atoms with Gasteiger partial charge in [-0.05, 0) is 42.7 Å². The van der Waals surface area contributed by atoms with Crippen molar-refractivity contribution in [3.05, 3.63) is 65.0 Å². The van der Waals surface area contributed by atoms with E-state index in [2.05, 4.69) is 29.2 Å². The number of phenols is 1. The molecule has 0 bridgehead atoms. The number of hydrogen-bond acceptors (Lipinski definition) is 4. The van der Waals surface area contributed by atoms with Crippen LogP contribution in [0.15, 0.2) is 54.6 Å². The Morgan fingerprint density at radius 2 is 1.67 bits per heavy atom. The van der Waals surface area contributed by atoms with Crippen molar-refractivity contribution >= 4 is 16.5 Å². The summed E-state index contributed by atoms with van der Waals surface area (Å²) < 4.78 is 0. The fourth-order valence-corrected chi connectivity index (χ4v) is 3.14. The molecule has 1 heterocycles. The van der Waals surface area contributed by atoms with E-state index in [0.717, 1.165) is 24.1 Å². The van der Waals surface area contributed by atoms with Crippen molar-refractivity contribution in [1.82, 2.24) is 4.98 Å². The van der Waals surface area contributed by atoms with Crippen LogP contribution in [0.3, 0.4) is 0 Å². The van der Waals surface area contributed by atoms with E-state index in [1.807, 2.05) is 18.2 Å². The lowest BCUT2D eigenvalue weighted by molar-refractivity contribution is 0.475. The molecule has 3 nitrogen and oxygen atoms in total. The van der Waals surface area contributed by atoms with Gasteiger partial charge in [0.15, 0.2) is 5.13 Å². The van der Waals surface area contributed by atoms with Gasteiger partial charge in [-0.2, -0.15) is 0 Å². The van der Waals surface area contributed by atoms with Crippen LogP contribution in [-0.2, 0) is 12.8 Å². The highest BCUT2D eigenvalue weighted by Crippen LogP contribution is 2.31. The molecule has 4 heteroatoms. The molecular weight excluding hydrogens is 280 g/mol. The van der Waals surface area contributed by atoms with Crippen molar-refractivity contribution in [3.63, 3.8) is 0 Å². The molecule has 0 aliphatic carbocycles. The second-order valence-corrected chi connectivity index (χ2v) is 5.97. The second kappa shape index (κ2) is 5.97. The molecule has 0 spiro atoms. The molecule has 3 aromatic rings. The normalized spacial score (nSPS) is 10.7. The lowest BCUT2D eigenvalue weighted by Gasteiger charge is -2.03. The monoisotopic (exact) mass is 296 g/mol. The number of aromatic hydroxyl groups is 1. The summed E-state index contributed by atoms with van der Waals surface area (Å²) in [7, 11) is 0. The highest BCUT2D eigenvalue weighted by atomic mass is 32.1. The number of rotatable bonds is 4. The smallest absolute Gasteiger partial charge is 0.180 e. The van der Waals surface area contributed by atoms with Crippen LogP contribution in [-0.4, -0.2) is 10.1 Å². The molecule has 0 saturated carbocycles. The van der Waals surface area contributed by atoms with Crippen LogP contribution in [0, 0.1) is 0 Å². The van der Waals surface area contributed by atoms with E-state index in [9.17, 15) is 5.11 Å². The summed E-state index contributed by atoms with van der Waals surface area (Å²) in [6.45, 7) is 0. The maximum Gasteiger partial charge on any atom is 0.180 e. The molecule has 0 fully saturated rings. The molecule has 0 aliphatic rings. The van der Waals surface area contributed by atoms with Gasteiger partial charge in [-0.3, -0.25) is 0 Å². The SMILES string of the molecule is Nc1nc(-c2ccc(O)cc2)c(CCc2ccccc2)s1. The molecule has 0 amide bonds. The third-order valence-corrected chi connectivity index (χ3v) is 4.28. The summed E-state index contributed by atoms with van der Waals surface area (Å²) in [4.78, 5) is 5.62. The number of anilines is 1. The van der Waals surface area contributed by atoms with Gasteiger partial charge in [0.05, 0.1) is 5.69 Å². The summed E-state index contributed by atoms with van der Waals surface area (Å²) in [6.07, 6.45) is 1.88. The zero-order chi connectivity index (χ0) is 14.7. The number of hydrogen-bond donors (Lipinski definition) is 2. The number of thiazole rings is 1. The lowest BCUT2D eigenvalue weighted by Crippen LogP contribution is -1.91. The van der Waals surface area contributed by atoms with Gasteiger partial charge < -0.3 is 10.8 Å². The summed E-state index contributed by atoms with van der Waals surface area (Å²) in [5.41, 5.74) is 9.09. The number of nitrogens with zero attached hydrogens (tertiary/aromatic N) is 1. The van der Waals surface area contributed by atoms with Gasteiger partial charge in [-0.25, -0.2) is 4.98 Å². The first kappa shape index (κ1) is 13.6. The Kier molecular flexibility index (Phi) is 3.88. The molecule has 106 valence electrons. The Balaban J connectivity index is 1.84. The van der Waals surface area contributed by atoms with E-state index in [-0.39, 0.29) is 5.75 Å². The lowest BCUT2D eigenvalue weighted by atomic mass is 10.1. The van der Waals surface area contributed by atoms with Crippen molar-refractivity contribution < 1.29 is 5.11 Å². The van der Waals surface area contributed by atoms with Gasteiger partial charge in [0.2, 0.25) is 0 Å². The van der Waals surface area contributed by atoms with Gasteiger partial charge in [0, 0.05) is 10.4 Å². The van der Waals surface area contributed by atoms with Crippen LogP contribution in [0.4, 0.5) is 5.13 Å². The number of nitrogens with two attached hydrogens (primary N) is 1. The average molecular weight is 296 g/mol. The molecule has 3 rings (SSSR count). The minimum Gasteiger partial charge on any atom is -0.508 e. The predicted molar refractivity (Wildman–Crippen MR) is 87.5 cm³/mol. The van der Waals surface area contributed by atoms with Crippen LogP contribution in [0.1, 0.15) is 10.4 Å². The van der Waals surface area contributed by atoms with Crippen LogP contribution in [0.5, 0.6) is 5.75 Å². The molecule has 1 aromatic heterocycles. The van der Waals surface area contributed by atoms with Crippen molar-refractivity contribution in [3.8, 4) is 17.0 Å². The van der Waals surface area contributed by atoms with E-state index < -0.39 is 0 Å². The summed E-state index contributed by atoms with van der Waals surface area (Å²) in [6, 6.07) is 17.5. The van der Waals surface area contributed by atoms with Gasteiger partial charge >= 0.3 is 0 Å². The summed E-state index contributed by atoms with van der Waals surface area (Å²) in [5, 5.41) is 9.97. The van der Waals surface area contributed by atoms with Crippen molar-refractivity contribution in [2.24, 2.45) is 0 Å². The van der Waals surface area contributed by atoms with Crippen LogP contribution < -0.4 is 5.73 Å². The molecule has 3 N–H and O–H groups in total. The quantitative estimate of drug-likeness (QED) is 0.768. The maximum atomic E-state index is 9.39. The first-order valence-electron chi connectivity index (χ1n) is 6.81. The molecule has 0 radical (unpaired) electrons. The van der Waals surface area contributed by atoms with Crippen LogP contribution >= 0.6 is 11.3 Å². The van der Waals surface area contributed by atoms with Crippen molar-refractivity contribution in [1.29, 1.82) is 0 Å². The van der Waals surface area contributed by atoms with Gasteiger partial charge in [-0.15, -0.1) is 11.3 Å². The summed E-state index contributed by atoms with van der Waals surface area (Å²) in [5.74, 6) is 0.257. The van der Waals surface area contributed by atoms with E-state index in [1.54, 1.807) is 12.1 Å². The van der Waals surface area contributed by atoms with E-state index in [1.165, 1.54) is 21.8 Å². The highest BCUT2D eigenvalue weighted by Gasteiger charge is 2.11. The van der Waals surface area contributed by atoms with Gasteiger partial charge in [0.25, 0.3) is 0 Å². The molecular formula is C17H16N2OS. The third kappa shape index (κ3) is 3.23. The first-order chi connectivity index (χ1) is 10.2. The molecule has 0 aliphatic heterocycles. The first-order valence-corrected chi connectivity index (χ1v) is 7.62. The minimum absolute atomic E-state index is 0.257. The Bertz CT molecular complexity index is 720. The van der Waals surface area contributed by atoms with E-state index in [4.69, 9.17) is 5.73 Å². The average Bonchev–Trinajstić information content (AvgIpc) is 2.88. The van der Waals surface area contributed by atoms with Gasteiger partial charge in [-0.1, -0.05) is 30.3 Å². The minimum atomic E-state index is 0.257. The van der Waals surface area contributed by atoms with Gasteiger partial charge in [0.1, 0.15) is 5.75 Å². The van der Waals surface area contributed by atoms with E-state index >= 15 is 0 Å². The Morgan fingerprint density at radius 3 is 2.38 bits per heavy atom. The van der Waals surface area contributed by atoms with Crippen molar-refractivity contribution in [2.75, 3.05) is 5.73 Å². The number of phenolic OH excluding ortho intramolecular Hbond substituents is 1. The standard InChI is InChI=1S/C17H16N2OS/c18-17-19-16(13-7-9-14(20)10-8-13)15(21-17)11-6-12-4-2-1-3-5-12/h1-5,7-10,20H,6,11H2,(H2,18,19). The number of benzene rings is 2. The zero-order valence-electron chi connectivity index (χ0n) is 11.5. The topological polar surface area (TPSA) is 59.1 Å². The Labute approximate surface area is 127 Å². The molecule has 0 saturated heterocycles. The Morgan fingerprint density at radius 1 is 0.952 bits per heavy atom. The number of aryl methyl sites for hydroxylation is 2. The van der Waals surface area contributed by atoms with E-state index in [0.29, 0.717) is 5.13 Å². The highest BCUT2D eigenvalue weighted by molar-refractivity contribution is 7.15. The van der Waals surface area contributed by atoms with Crippen LogP contribution in [0.25, 0.3) is 11.3 Å². The largest absolute Gasteiger partial charge is 0.508 e. The third-order valence-electron chi connectivity index (χ3n) is 3.34. The maximum absolute atomic E-state index is 9.39. The molecule has 0 unspecified atom stereocenters. The predicted octanol–water partition coefficient (Wildman–Crippen LogP) is 3.88. The number of nitrogen functional groups attached to an aromatic ring is 1. The zero-order valence-corrected chi connectivity index (χ0v) is 12.3. The Hall–Kier alpha value is -2.33. The molecule has 0 atom stereocenters. The number of aromatic nitrogens is 1. The molecule has 2 aromatic carbocycles. The summed E-state index contributed by atoms with van der Waals surface area (Å²) >= 11 is 1.54. The van der Waals surface area contributed by atoms with Crippen molar-refractivity contribution in [2.45, 2.75) is 12.8 Å². The second-order valence-electron chi connectivity index (χ2n) is 4.86. The van der Waals surface area contributed by atoms with Crippen LogP contribution in [0.2, 0.25) is 0 Å². The fraction of sp³-hybridized carbons (Fsp3) is 0.118. The fourth-order valence-electron chi connectivity index (χ4n) is 2.29. The molecule has 21 heavy (non-hydrogen) atoms.